The SMILES string of the molecule is Cn1nccc1Nc1nccc(-c2ccc3c(c2)nnn3Cc2cccnc2Cl)n1. The standard InChI is InChI=1S/C20H16ClN9/c1-29-18(7-10-24-29)26-20-23-9-6-15(25-20)13-4-5-17-16(11-13)27-28-30(17)12-14-3-2-8-22-19(14)21/h2-11H,12H2,1H3,(H,23,25,26). The zero-order valence-corrected chi connectivity index (χ0v) is 16.7. The Balaban J connectivity index is 1.44. The predicted molar refractivity (Wildman–Crippen MR) is 113 cm³/mol. The van der Waals surface area contributed by atoms with Gasteiger partial charge in [-0.2, -0.15) is 5.10 Å². The fraction of sp³-hybridized carbons (Fsp3) is 0.100. The molecule has 4 aromatic heterocycles. The maximum Gasteiger partial charge on any atom is 0.228 e. The fourth-order valence-corrected chi connectivity index (χ4v) is 3.32. The van der Waals surface area contributed by atoms with Gasteiger partial charge in [0.1, 0.15) is 16.5 Å². The highest BCUT2D eigenvalue weighted by molar-refractivity contribution is 6.30. The summed E-state index contributed by atoms with van der Waals surface area (Å²) in [6, 6.07) is 13.4. The van der Waals surface area contributed by atoms with E-state index in [4.69, 9.17) is 11.6 Å². The van der Waals surface area contributed by atoms with Crippen LogP contribution >= 0.6 is 11.6 Å². The highest BCUT2D eigenvalue weighted by atomic mass is 35.5. The molecule has 148 valence electrons. The quantitative estimate of drug-likeness (QED) is 0.437. The normalized spacial score (nSPS) is 11.1. The Morgan fingerprint density at radius 1 is 1.03 bits per heavy atom. The number of benzene rings is 1. The molecule has 0 bridgehead atoms. The van der Waals surface area contributed by atoms with Crippen molar-refractivity contribution in [1.29, 1.82) is 0 Å². The molecule has 0 radical (unpaired) electrons. The lowest BCUT2D eigenvalue weighted by molar-refractivity contribution is 0.668. The summed E-state index contributed by atoms with van der Waals surface area (Å²) in [7, 11) is 1.85. The van der Waals surface area contributed by atoms with Crippen LogP contribution in [0.25, 0.3) is 22.3 Å². The van der Waals surface area contributed by atoms with Crippen LogP contribution in [0.2, 0.25) is 5.15 Å². The van der Waals surface area contributed by atoms with Gasteiger partial charge in [0, 0.05) is 36.6 Å². The molecule has 0 spiro atoms. The maximum absolute atomic E-state index is 6.17. The molecule has 9 nitrogen and oxygen atoms in total. The van der Waals surface area contributed by atoms with E-state index in [1.54, 1.807) is 28.0 Å². The highest BCUT2D eigenvalue weighted by Gasteiger charge is 2.11. The monoisotopic (exact) mass is 417 g/mol. The molecule has 1 N–H and O–H groups in total. The molecule has 5 rings (SSSR count). The largest absolute Gasteiger partial charge is 0.309 e. The Kier molecular flexibility index (Phi) is 4.56. The van der Waals surface area contributed by atoms with Gasteiger partial charge in [0.2, 0.25) is 5.95 Å². The Morgan fingerprint density at radius 2 is 1.97 bits per heavy atom. The molecule has 0 atom stereocenters. The summed E-state index contributed by atoms with van der Waals surface area (Å²) >= 11 is 6.17. The van der Waals surface area contributed by atoms with Crippen molar-refractivity contribution in [3.05, 3.63) is 71.8 Å². The second-order valence-corrected chi connectivity index (χ2v) is 6.99. The molecule has 30 heavy (non-hydrogen) atoms. The third kappa shape index (κ3) is 3.46. The van der Waals surface area contributed by atoms with Crippen LogP contribution in [0.15, 0.2) is 61.1 Å². The lowest BCUT2D eigenvalue weighted by Gasteiger charge is -2.07. The number of nitrogens with zero attached hydrogens (tertiary/aromatic N) is 8. The van der Waals surface area contributed by atoms with Crippen molar-refractivity contribution in [2.75, 3.05) is 5.32 Å². The zero-order chi connectivity index (χ0) is 20.5. The van der Waals surface area contributed by atoms with Crippen LogP contribution in [-0.2, 0) is 13.6 Å². The first-order chi connectivity index (χ1) is 14.7. The minimum absolute atomic E-state index is 0.465. The Labute approximate surface area is 176 Å². The minimum Gasteiger partial charge on any atom is -0.309 e. The number of rotatable bonds is 5. The number of hydrogen-bond acceptors (Lipinski definition) is 7. The number of anilines is 2. The van der Waals surface area contributed by atoms with E-state index in [1.165, 1.54) is 0 Å². The topological polar surface area (TPSA) is 99.2 Å². The van der Waals surface area contributed by atoms with Gasteiger partial charge in [-0.15, -0.1) is 5.10 Å². The third-order valence-corrected chi connectivity index (χ3v) is 5.02. The van der Waals surface area contributed by atoms with Crippen molar-refractivity contribution in [3.63, 3.8) is 0 Å². The number of aromatic nitrogens is 8. The van der Waals surface area contributed by atoms with Crippen LogP contribution in [0, 0.1) is 0 Å². The molecule has 1 aromatic carbocycles. The van der Waals surface area contributed by atoms with Crippen LogP contribution in [0.3, 0.4) is 0 Å². The first kappa shape index (κ1) is 18.2. The second-order valence-electron chi connectivity index (χ2n) is 6.63. The van der Waals surface area contributed by atoms with Crippen LogP contribution in [0.4, 0.5) is 11.8 Å². The highest BCUT2D eigenvalue weighted by Crippen LogP contribution is 2.24. The Hall–Kier alpha value is -3.85. The molecular formula is C20H16ClN9. The fourth-order valence-electron chi connectivity index (χ4n) is 3.14. The second kappa shape index (κ2) is 7.53. The average molecular weight is 418 g/mol. The van der Waals surface area contributed by atoms with Crippen molar-refractivity contribution < 1.29 is 0 Å². The van der Waals surface area contributed by atoms with Gasteiger partial charge < -0.3 is 5.32 Å². The number of aryl methyl sites for hydroxylation is 1. The van der Waals surface area contributed by atoms with Crippen molar-refractivity contribution in [2.24, 2.45) is 7.05 Å². The summed E-state index contributed by atoms with van der Waals surface area (Å²) in [5.74, 6) is 1.30. The molecule has 0 unspecified atom stereocenters. The Morgan fingerprint density at radius 3 is 2.80 bits per heavy atom. The summed E-state index contributed by atoms with van der Waals surface area (Å²) < 4.78 is 3.52. The van der Waals surface area contributed by atoms with E-state index < -0.39 is 0 Å². The first-order valence-electron chi connectivity index (χ1n) is 9.18. The smallest absolute Gasteiger partial charge is 0.228 e. The first-order valence-corrected chi connectivity index (χ1v) is 9.56. The van der Waals surface area contributed by atoms with Gasteiger partial charge in [-0.3, -0.25) is 4.68 Å². The van der Waals surface area contributed by atoms with E-state index in [0.29, 0.717) is 17.6 Å². The summed E-state index contributed by atoms with van der Waals surface area (Å²) in [6.07, 6.45) is 5.09. The molecule has 0 aliphatic rings. The van der Waals surface area contributed by atoms with E-state index >= 15 is 0 Å². The van der Waals surface area contributed by atoms with Crippen LogP contribution in [-0.4, -0.2) is 39.7 Å². The number of pyridine rings is 1. The van der Waals surface area contributed by atoms with Crippen molar-refractivity contribution in [1.82, 2.24) is 39.7 Å². The summed E-state index contributed by atoms with van der Waals surface area (Å²) in [5, 5.41) is 16.3. The number of halogens is 1. The molecule has 0 amide bonds. The van der Waals surface area contributed by atoms with E-state index in [-0.39, 0.29) is 0 Å². The van der Waals surface area contributed by atoms with Gasteiger partial charge in [-0.1, -0.05) is 28.9 Å². The zero-order valence-electron chi connectivity index (χ0n) is 15.9. The number of nitrogens with one attached hydrogen (secondary N) is 1. The lowest BCUT2D eigenvalue weighted by atomic mass is 10.1. The molecule has 10 heteroatoms. The van der Waals surface area contributed by atoms with E-state index in [2.05, 4.69) is 35.7 Å². The minimum atomic E-state index is 0.465. The van der Waals surface area contributed by atoms with Gasteiger partial charge in [0.25, 0.3) is 0 Å². The van der Waals surface area contributed by atoms with E-state index in [0.717, 1.165) is 33.7 Å². The predicted octanol–water partition coefficient (Wildman–Crippen LogP) is 3.46. The molecule has 5 aromatic rings. The van der Waals surface area contributed by atoms with Gasteiger partial charge in [-0.25, -0.2) is 19.6 Å². The summed E-state index contributed by atoms with van der Waals surface area (Å²) in [6.45, 7) is 0.495. The Bertz CT molecular complexity index is 1340. The molecule has 0 saturated carbocycles. The molecule has 0 saturated heterocycles. The molecule has 4 heterocycles. The third-order valence-electron chi connectivity index (χ3n) is 4.68. The van der Waals surface area contributed by atoms with Gasteiger partial charge in [-0.05, 0) is 24.3 Å². The van der Waals surface area contributed by atoms with Crippen LogP contribution in [0.1, 0.15) is 5.56 Å². The van der Waals surface area contributed by atoms with E-state index in [1.807, 2.05) is 49.5 Å². The van der Waals surface area contributed by atoms with Crippen molar-refractivity contribution >= 4 is 34.4 Å². The van der Waals surface area contributed by atoms with E-state index in [9.17, 15) is 0 Å². The van der Waals surface area contributed by atoms with Crippen LogP contribution in [0.5, 0.6) is 0 Å². The maximum atomic E-state index is 6.17. The number of fused-ring (bicyclic) bond motifs is 1. The summed E-state index contributed by atoms with van der Waals surface area (Å²) in [5.41, 5.74) is 4.26. The van der Waals surface area contributed by atoms with Gasteiger partial charge in [0.05, 0.1) is 24.0 Å². The average Bonchev–Trinajstić information content (AvgIpc) is 3.35. The van der Waals surface area contributed by atoms with Crippen molar-refractivity contribution in [2.45, 2.75) is 6.54 Å². The molecule has 0 aliphatic heterocycles. The molecule has 0 aliphatic carbocycles. The van der Waals surface area contributed by atoms with Crippen LogP contribution < -0.4 is 5.32 Å². The van der Waals surface area contributed by atoms with Crippen molar-refractivity contribution in [3.8, 4) is 11.3 Å². The number of hydrogen-bond donors (Lipinski definition) is 1. The van der Waals surface area contributed by atoms with Gasteiger partial charge in [0.15, 0.2) is 0 Å². The summed E-state index contributed by atoms with van der Waals surface area (Å²) in [4.78, 5) is 13.0. The molecular weight excluding hydrogens is 402 g/mol. The lowest BCUT2D eigenvalue weighted by Crippen LogP contribution is -2.03. The molecule has 0 fully saturated rings. The van der Waals surface area contributed by atoms with Gasteiger partial charge >= 0.3 is 0 Å².